The molecule has 0 spiro atoms. The smallest absolute Gasteiger partial charge is 0.416 e. The number of aliphatic hydroxyl groups is 3. The SMILES string of the molecule is COc1cc(CO)cc(I)c1O[C@H]1C=C(C(=O)NCCO)C[C@@H](N(Cc2ccc3c(c2)OCO3)C(=O)c2ccc(C(F)(F)F)cc2)[C@@H]1O. The van der Waals surface area contributed by atoms with Crippen LogP contribution in [0, 0.1) is 3.57 Å². The van der Waals surface area contributed by atoms with E-state index < -0.39 is 41.8 Å². The van der Waals surface area contributed by atoms with E-state index in [1.54, 1.807) is 30.3 Å². The average molecular weight is 785 g/mol. The molecule has 3 aromatic rings. The van der Waals surface area contributed by atoms with Crippen molar-refractivity contribution >= 4 is 34.4 Å². The Morgan fingerprint density at radius 2 is 1.77 bits per heavy atom. The second-order valence-electron chi connectivity index (χ2n) is 11.0. The van der Waals surface area contributed by atoms with Crippen molar-refractivity contribution < 1.29 is 57.0 Å². The number of alkyl halides is 3. The van der Waals surface area contributed by atoms with E-state index in [0.29, 0.717) is 26.2 Å². The molecule has 2 amide bonds. The lowest BCUT2D eigenvalue weighted by molar-refractivity contribution is -0.137. The van der Waals surface area contributed by atoms with Crippen molar-refractivity contribution in [3.8, 4) is 23.0 Å². The van der Waals surface area contributed by atoms with Gasteiger partial charge < -0.3 is 44.5 Å². The number of halogens is 4. The van der Waals surface area contributed by atoms with Crippen molar-refractivity contribution in [1.29, 1.82) is 0 Å². The van der Waals surface area contributed by atoms with Gasteiger partial charge in [-0.3, -0.25) is 9.59 Å². The van der Waals surface area contributed by atoms with E-state index >= 15 is 0 Å². The molecule has 48 heavy (non-hydrogen) atoms. The number of aliphatic hydroxyl groups excluding tert-OH is 3. The minimum Gasteiger partial charge on any atom is -0.493 e. The number of fused-ring (bicyclic) bond motifs is 1. The average Bonchev–Trinajstić information content (AvgIpc) is 3.55. The van der Waals surface area contributed by atoms with Crippen LogP contribution >= 0.6 is 22.6 Å². The molecule has 4 N–H and O–H groups in total. The number of carbonyl (C=O) groups excluding carboxylic acids is 2. The van der Waals surface area contributed by atoms with Gasteiger partial charge in [-0.2, -0.15) is 13.2 Å². The number of hydrogen-bond acceptors (Lipinski definition) is 9. The topological polar surface area (TPSA) is 147 Å². The maximum atomic E-state index is 14.2. The third kappa shape index (κ3) is 7.80. The fourth-order valence-corrected chi connectivity index (χ4v) is 6.23. The van der Waals surface area contributed by atoms with Crippen LogP contribution in [0.15, 0.2) is 66.2 Å². The summed E-state index contributed by atoms with van der Waals surface area (Å²) in [7, 11) is 1.40. The first-order valence-corrected chi connectivity index (χ1v) is 15.8. The van der Waals surface area contributed by atoms with Crippen molar-refractivity contribution in [2.24, 2.45) is 0 Å². The molecule has 3 aromatic carbocycles. The summed E-state index contributed by atoms with van der Waals surface area (Å²) in [5.74, 6) is 0.0992. The lowest BCUT2D eigenvalue weighted by Crippen LogP contribution is -2.54. The molecule has 2 aliphatic rings. The number of nitrogens with zero attached hydrogens (tertiary/aromatic N) is 1. The van der Waals surface area contributed by atoms with Gasteiger partial charge in [0.25, 0.3) is 5.91 Å². The van der Waals surface area contributed by atoms with Gasteiger partial charge in [-0.25, -0.2) is 0 Å². The second kappa shape index (κ2) is 15.0. The third-order valence-electron chi connectivity index (χ3n) is 7.85. The summed E-state index contributed by atoms with van der Waals surface area (Å²) in [5, 5.41) is 33.4. The number of hydrogen-bond donors (Lipinski definition) is 4. The predicted octanol–water partition coefficient (Wildman–Crippen LogP) is 3.80. The van der Waals surface area contributed by atoms with Gasteiger partial charge >= 0.3 is 6.18 Å². The maximum absolute atomic E-state index is 14.2. The zero-order valence-corrected chi connectivity index (χ0v) is 27.7. The number of rotatable bonds is 11. The Hall–Kier alpha value is -4.06. The van der Waals surface area contributed by atoms with Crippen molar-refractivity contribution in [1.82, 2.24) is 10.2 Å². The number of carbonyl (C=O) groups is 2. The van der Waals surface area contributed by atoms with Crippen LogP contribution in [-0.2, 0) is 24.1 Å². The molecule has 0 unspecified atom stereocenters. The van der Waals surface area contributed by atoms with Gasteiger partial charge in [0.1, 0.15) is 12.2 Å². The van der Waals surface area contributed by atoms with Crippen LogP contribution in [-0.4, -0.2) is 77.3 Å². The quantitative estimate of drug-likeness (QED) is 0.214. The van der Waals surface area contributed by atoms with Crippen LogP contribution in [0.25, 0.3) is 0 Å². The molecule has 1 aliphatic carbocycles. The Labute approximate surface area is 287 Å². The largest absolute Gasteiger partial charge is 0.493 e. The lowest BCUT2D eigenvalue weighted by Gasteiger charge is -2.40. The Morgan fingerprint density at radius 3 is 2.44 bits per heavy atom. The molecule has 0 aromatic heterocycles. The summed E-state index contributed by atoms with van der Waals surface area (Å²) in [6, 6.07) is 10.8. The van der Waals surface area contributed by atoms with E-state index in [1.165, 1.54) is 18.1 Å². The highest BCUT2D eigenvalue weighted by molar-refractivity contribution is 14.1. The van der Waals surface area contributed by atoms with Gasteiger partial charge in [-0.05, 0) is 88.3 Å². The number of nitrogens with one attached hydrogen (secondary N) is 1. The molecule has 256 valence electrons. The van der Waals surface area contributed by atoms with E-state index in [-0.39, 0.29) is 62.2 Å². The molecule has 0 radical (unpaired) electrons. The monoisotopic (exact) mass is 784 g/mol. The van der Waals surface area contributed by atoms with Gasteiger partial charge in [0.2, 0.25) is 12.7 Å². The summed E-state index contributed by atoms with van der Waals surface area (Å²) >= 11 is 1.98. The fourth-order valence-electron chi connectivity index (χ4n) is 5.44. The van der Waals surface area contributed by atoms with Gasteiger partial charge in [0, 0.05) is 30.6 Å². The molecule has 0 saturated carbocycles. The summed E-state index contributed by atoms with van der Waals surface area (Å²) in [5.41, 5.74) is 0.225. The van der Waals surface area contributed by atoms with E-state index in [4.69, 9.17) is 18.9 Å². The minimum atomic E-state index is -4.62. The van der Waals surface area contributed by atoms with Gasteiger partial charge in [-0.15, -0.1) is 0 Å². The Kier molecular flexibility index (Phi) is 11.0. The van der Waals surface area contributed by atoms with E-state index in [0.717, 1.165) is 24.3 Å². The first-order valence-electron chi connectivity index (χ1n) is 14.7. The number of ether oxygens (including phenoxy) is 4. The van der Waals surface area contributed by atoms with Crippen molar-refractivity contribution in [3.05, 3.63) is 92.1 Å². The van der Waals surface area contributed by atoms with Crippen LogP contribution in [0.3, 0.4) is 0 Å². The summed E-state index contributed by atoms with van der Waals surface area (Å²) in [4.78, 5) is 28.7. The molecule has 11 nitrogen and oxygen atoms in total. The molecule has 3 atom stereocenters. The zero-order chi connectivity index (χ0) is 34.6. The Balaban J connectivity index is 1.56. The van der Waals surface area contributed by atoms with Gasteiger partial charge in [0.15, 0.2) is 23.0 Å². The normalized spacial score (nSPS) is 18.6. The Bertz CT molecular complexity index is 1680. The van der Waals surface area contributed by atoms with Crippen LogP contribution in [0.2, 0.25) is 0 Å². The molecule has 5 rings (SSSR count). The molecular formula is C33H32F3IN2O9. The van der Waals surface area contributed by atoms with Crippen molar-refractivity contribution in [3.63, 3.8) is 0 Å². The van der Waals surface area contributed by atoms with Crippen LogP contribution < -0.4 is 24.3 Å². The Morgan fingerprint density at radius 1 is 1.04 bits per heavy atom. The number of methoxy groups -OCH3 is 1. The van der Waals surface area contributed by atoms with Gasteiger partial charge in [-0.1, -0.05) is 6.07 Å². The van der Waals surface area contributed by atoms with Crippen molar-refractivity contribution in [2.75, 3.05) is 27.1 Å². The van der Waals surface area contributed by atoms with Crippen molar-refractivity contribution in [2.45, 2.75) is 44.0 Å². The molecule has 0 fully saturated rings. The van der Waals surface area contributed by atoms with Gasteiger partial charge in [0.05, 0.1) is 35.5 Å². The van der Waals surface area contributed by atoms with Crippen LogP contribution in [0.4, 0.5) is 13.2 Å². The maximum Gasteiger partial charge on any atom is 0.416 e. The summed E-state index contributed by atoms with van der Waals surface area (Å²) in [6.07, 6.45) is -6.03. The highest BCUT2D eigenvalue weighted by Crippen LogP contribution is 2.38. The minimum absolute atomic E-state index is 0.00595. The standard InChI is InChI=1S/C33H32F3IN2O9/c1-45-28-12-19(16-41)10-23(37)30(28)48-27-14-21(31(43)38-8-9-40)13-24(29(27)42)39(15-18-2-7-25-26(11-18)47-17-46-25)32(44)20-3-5-22(6-4-20)33(34,35)36/h2-7,10-12,14,24,27,29,40-42H,8-9,13,15-17H2,1H3,(H,38,43)/t24-,27+,29+/m1/s1. The number of benzene rings is 3. The van der Waals surface area contributed by atoms with E-state index in [1.807, 2.05) is 22.6 Å². The molecular weight excluding hydrogens is 752 g/mol. The predicted molar refractivity (Wildman–Crippen MR) is 173 cm³/mol. The molecule has 1 heterocycles. The lowest BCUT2D eigenvalue weighted by atomic mass is 9.87. The molecule has 0 saturated heterocycles. The van der Waals surface area contributed by atoms with E-state index in [9.17, 15) is 38.1 Å². The summed E-state index contributed by atoms with van der Waals surface area (Å²) in [6.45, 7) is -0.792. The first-order chi connectivity index (χ1) is 22.9. The van der Waals surface area contributed by atoms with Crippen LogP contribution in [0.5, 0.6) is 23.0 Å². The molecule has 0 bridgehead atoms. The fraction of sp³-hybridized carbons (Fsp3) is 0.333. The van der Waals surface area contributed by atoms with Crippen LogP contribution in [0.1, 0.15) is 33.5 Å². The van der Waals surface area contributed by atoms with E-state index in [2.05, 4.69) is 5.32 Å². The third-order valence-corrected chi connectivity index (χ3v) is 8.65. The second-order valence-corrected chi connectivity index (χ2v) is 12.1. The first kappa shape index (κ1) is 35.3. The molecule has 1 aliphatic heterocycles. The highest BCUT2D eigenvalue weighted by Gasteiger charge is 2.41. The molecule has 15 heteroatoms. The zero-order valence-electron chi connectivity index (χ0n) is 25.5. The summed E-state index contributed by atoms with van der Waals surface area (Å²) < 4.78 is 63.1. The number of amides is 2. The highest BCUT2D eigenvalue weighted by atomic mass is 127.